The molecule has 0 unspecified atom stereocenters. The number of hydrogen-bond donors (Lipinski definition) is 1. The summed E-state index contributed by atoms with van der Waals surface area (Å²) in [4.78, 5) is 39.1. The molecule has 0 saturated carbocycles. The van der Waals surface area contributed by atoms with Gasteiger partial charge in [-0.3, -0.25) is 9.59 Å². The molecule has 0 atom stereocenters. The summed E-state index contributed by atoms with van der Waals surface area (Å²) in [6.45, 7) is 4.16. The number of carbonyl (C=O) groups is 2. The first kappa shape index (κ1) is 23.2. The zero-order valence-corrected chi connectivity index (χ0v) is 20.5. The number of carboxylic acid groups (broad SMARTS) is 1. The number of carbonyl (C=O) groups excluding carboxylic acids is 1. The molecule has 1 amide bonds. The molecule has 10 nitrogen and oxygen atoms in total. The Morgan fingerprint density at radius 1 is 1.11 bits per heavy atom. The van der Waals surface area contributed by atoms with Gasteiger partial charge in [0.05, 0.1) is 11.1 Å². The highest BCUT2D eigenvalue weighted by Crippen LogP contribution is 2.34. The summed E-state index contributed by atoms with van der Waals surface area (Å²) in [5, 5.41) is 18.4. The van der Waals surface area contributed by atoms with Crippen LogP contribution in [0, 0.1) is 0 Å². The molecule has 1 aliphatic heterocycles. The molecular formula is C23H22N6O4S2. The topological polar surface area (TPSA) is 126 Å². The number of amides is 1. The Kier molecular flexibility index (Phi) is 6.64. The van der Waals surface area contributed by atoms with E-state index >= 15 is 0 Å². The van der Waals surface area contributed by atoms with Crippen LogP contribution in [-0.2, 0) is 11.2 Å². The van der Waals surface area contributed by atoms with Crippen LogP contribution >= 0.6 is 23.1 Å². The van der Waals surface area contributed by atoms with Crippen LogP contribution in [0.2, 0.25) is 0 Å². The van der Waals surface area contributed by atoms with Gasteiger partial charge < -0.3 is 19.3 Å². The predicted molar refractivity (Wildman–Crippen MR) is 133 cm³/mol. The molecule has 0 spiro atoms. The fraction of sp³-hybridized carbons (Fsp3) is 0.304. The van der Waals surface area contributed by atoms with Crippen molar-refractivity contribution < 1.29 is 19.1 Å². The van der Waals surface area contributed by atoms with E-state index in [1.54, 1.807) is 16.2 Å². The summed E-state index contributed by atoms with van der Waals surface area (Å²) < 4.78 is 5.63. The summed E-state index contributed by atoms with van der Waals surface area (Å²) in [7, 11) is 0. The number of aliphatic carboxylic acids is 1. The van der Waals surface area contributed by atoms with Crippen molar-refractivity contribution in [2.24, 2.45) is 0 Å². The van der Waals surface area contributed by atoms with Gasteiger partial charge in [0, 0.05) is 36.6 Å². The van der Waals surface area contributed by atoms with Gasteiger partial charge in [0.25, 0.3) is 0 Å². The van der Waals surface area contributed by atoms with Gasteiger partial charge >= 0.3 is 17.8 Å². The highest BCUT2D eigenvalue weighted by molar-refractivity contribution is 7.99. The number of rotatable bonds is 7. The third-order valence-electron chi connectivity index (χ3n) is 5.57. The molecule has 1 aromatic carbocycles. The molecular weight excluding hydrogens is 488 g/mol. The number of anilines is 1. The predicted octanol–water partition coefficient (Wildman–Crippen LogP) is 3.44. The highest BCUT2D eigenvalue weighted by atomic mass is 32.2. The van der Waals surface area contributed by atoms with Crippen molar-refractivity contribution in [1.82, 2.24) is 25.1 Å². The van der Waals surface area contributed by atoms with Crippen LogP contribution in [0.5, 0.6) is 0 Å². The van der Waals surface area contributed by atoms with Gasteiger partial charge in [-0.1, -0.05) is 36.9 Å². The molecule has 0 bridgehead atoms. The molecule has 0 radical (unpaired) electrons. The zero-order chi connectivity index (χ0) is 24.4. The average molecular weight is 511 g/mol. The fourth-order valence-corrected chi connectivity index (χ4v) is 5.39. The number of fused-ring (bicyclic) bond motifs is 1. The molecule has 35 heavy (non-hydrogen) atoms. The van der Waals surface area contributed by atoms with Crippen molar-refractivity contribution in [2.75, 3.05) is 36.8 Å². The van der Waals surface area contributed by atoms with Crippen LogP contribution < -0.4 is 4.90 Å². The Balaban J connectivity index is 1.32. The Bertz CT molecular complexity index is 1370. The molecule has 1 aliphatic rings. The lowest BCUT2D eigenvalue weighted by Crippen LogP contribution is -2.49. The van der Waals surface area contributed by atoms with E-state index in [4.69, 9.17) is 9.52 Å². The van der Waals surface area contributed by atoms with E-state index in [0.717, 1.165) is 39.8 Å². The van der Waals surface area contributed by atoms with Gasteiger partial charge in [-0.25, -0.2) is 9.97 Å². The number of benzene rings is 1. The van der Waals surface area contributed by atoms with E-state index in [9.17, 15) is 9.59 Å². The molecule has 1 N–H and O–H groups in total. The molecule has 0 aliphatic carbocycles. The standard InChI is InChI=1S/C23H22N6O4S2/c1-2-15-12-16-18(24-23(25-21(16)35-15)34-13-17(30)31)28-8-10-29(11-9-28)22(32)20-27-26-19(33-20)14-6-4-3-5-7-14/h3-7,12H,2,8-11,13H2,1H3,(H,30,31). The summed E-state index contributed by atoms with van der Waals surface area (Å²) in [6.07, 6.45) is 0.884. The maximum absolute atomic E-state index is 13.0. The molecule has 12 heteroatoms. The quantitative estimate of drug-likeness (QED) is 0.292. The van der Waals surface area contributed by atoms with Crippen molar-refractivity contribution in [3.63, 3.8) is 0 Å². The summed E-state index contributed by atoms with van der Waals surface area (Å²) in [5.74, 6) is -0.256. The number of carboxylic acids is 1. The summed E-state index contributed by atoms with van der Waals surface area (Å²) in [6, 6.07) is 11.4. The van der Waals surface area contributed by atoms with Gasteiger partial charge in [0.1, 0.15) is 10.6 Å². The molecule has 180 valence electrons. The van der Waals surface area contributed by atoms with Crippen LogP contribution in [-0.4, -0.2) is 74.0 Å². The third kappa shape index (κ3) is 4.98. The van der Waals surface area contributed by atoms with Crippen molar-refractivity contribution >= 4 is 51.0 Å². The largest absolute Gasteiger partial charge is 0.481 e. The van der Waals surface area contributed by atoms with Gasteiger partial charge in [-0.05, 0) is 24.6 Å². The lowest BCUT2D eigenvalue weighted by atomic mass is 10.2. The first-order chi connectivity index (χ1) is 17.0. The molecule has 4 heterocycles. The molecule has 1 saturated heterocycles. The summed E-state index contributed by atoms with van der Waals surface area (Å²) in [5.41, 5.74) is 0.760. The minimum absolute atomic E-state index is 0.0282. The second-order valence-corrected chi connectivity index (χ2v) is 9.91. The smallest absolute Gasteiger partial charge is 0.313 e. The van der Waals surface area contributed by atoms with E-state index in [1.807, 2.05) is 30.3 Å². The maximum atomic E-state index is 13.0. The molecule has 3 aromatic heterocycles. The Morgan fingerprint density at radius 3 is 2.60 bits per heavy atom. The zero-order valence-electron chi connectivity index (χ0n) is 18.9. The Hall–Kier alpha value is -3.51. The van der Waals surface area contributed by atoms with Gasteiger partial charge in [-0.15, -0.1) is 21.5 Å². The van der Waals surface area contributed by atoms with E-state index < -0.39 is 5.97 Å². The van der Waals surface area contributed by atoms with Gasteiger partial charge in [-0.2, -0.15) is 0 Å². The number of hydrogen-bond acceptors (Lipinski definition) is 10. The van der Waals surface area contributed by atoms with Crippen LogP contribution in [0.1, 0.15) is 22.5 Å². The number of thiophene rings is 1. The number of piperazine rings is 1. The second kappa shape index (κ2) is 10.0. The maximum Gasteiger partial charge on any atom is 0.313 e. The van der Waals surface area contributed by atoms with Crippen molar-refractivity contribution in [3.8, 4) is 11.5 Å². The first-order valence-electron chi connectivity index (χ1n) is 11.1. The molecule has 5 rings (SSSR count). The lowest BCUT2D eigenvalue weighted by Gasteiger charge is -2.35. The monoisotopic (exact) mass is 510 g/mol. The Labute approximate surface area is 209 Å². The second-order valence-electron chi connectivity index (χ2n) is 7.85. The minimum Gasteiger partial charge on any atom is -0.481 e. The normalized spacial score (nSPS) is 14.0. The number of aryl methyl sites for hydroxylation is 1. The van der Waals surface area contributed by atoms with Crippen LogP contribution in [0.25, 0.3) is 21.7 Å². The van der Waals surface area contributed by atoms with Crippen molar-refractivity contribution in [3.05, 3.63) is 47.2 Å². The number of aromatic nitrogens is 4. The van der Waals surface area contributed by atoms with E-state index in [-0.39, 0.29) is 17.6 Å². The Morgan fingerprint density at radius 2 is 1.89 bits per heavy atom. The van der Waals surface area contributed by atoms with Crippen molar-refractivity contribution in [1.29, 1.82) is 0 Å². The minimum atomic E-state index is -0.913. The van der Waals surface area contributed by atoms with Gasteiger partial charge in [0.15, 0.2) is 5.16 Å². The van der Waals surface area contributed by atoms with E-state index in [2.05, 4.69) is 38.1 Å². The number of thioether (sulfide) groups is 1. The van der Waals surface area contributed by atoms with Crippen LogP contribution in [0.3, 0.4) is 0 Å². The number of nitrogens with zero attached hydrogens (tertiary/aromatic N) is 6. The van der Waals surface area contributed by atoms with Crippen molar-refractivity contribution in [2.45, 2.75) is 18.5 Å². The van der Waals surface area contributed by atoms with E-state index in [1.165, 1.54) is 4.88 Å². The van der Waals surface area contributed by atoms with Gasteiger partial charge in [0.2, 0.25) is 5.89 Å². The first-order valence-corrected chi connectivity index (χ1v) is 12.9. The van der Waals surface area contributed by atoms with Crippen LogP contribution in [0.15, 0.2) is 46.0 Å². The lowest BCUT2D eigenvalue weighted by molar-refractivity contribution is -0.133. The highest BCUT2D eigenvalue weighted by Gasteiger charge is 2.28. The third-order valence-corrected chi connectivity index (χ3v) is 7.58. The van der Waals surface area contributed by atoms with Crippen LogP contribution in [0.4, 0.5) is 5.82 Å². The SMILES string of the molecule is CCc1cc2c(N3CCN(C(=O)c4nnc(-c5ccccc5)o4)CC3)nc(SCC(=O)O)nc2s1. The average Bonchev–Trinajstić information content (AvgIpc) is 3.55. The molecule has 4 aromatic rings. The van der Waals surface area contributed by atoms with E-state index in [0.29, 0.717) is 37.2 Å². The fourth-order valence-electron chi connectivity index (χ4n) is 3.81. The summed E-state index contributed by atoms with van der Waals surface area (Å²) >= 11 is 2.70. The molecule has 1 fully saturated rings.